The SMILES string of the molecule is CC(C)(C)OC(=O)N1CCNC(C(C)(C)O)C1. The topological polar surface area (TPSA) is 61.8 Å². The summed E-state index contributed by atoms with van der Waals surface area (Å²) in [6, 6.07) is -0.122. The van der Waals surface area contributed by atoms with Crippen molar-refractivity contribution in [3.63, 3.8) is 0 Å². The lowest BCUT2D eigenvalue weighted by Gasteiger charge is -2.39. The maximum Gasteiger partial charge on any atom is 0.410 e. The Bertz CT molecular complexity index is 278. The van der Waals surface area contributed by atoms with E-state index in [0.717, 1.165) is 0 Å². The zero-order chi connectivity index (χ0) is 13.3. The molecule has 1 heterocycles. The van der Waals surface area contributed by atoms with Gasteiger partial charge in [-0.3, -0.25) is 0 Å². The molecule has 0 aromatic rings. The zero-order valence-corrected chi connectivity index (χ0v) is 11.4. The molecule has 1 unspecified atom stereocenters. The fourth-order valence-corrected chi connectivity index (χ4v) is 1.72. The predicted molar refractivity (Wildman–Crippen MR) is 65.9 cm³/mol. The number of ether oxygens (including phenoxy) is 1. The van der Waals surface area contributed by atoms with Crippen LogP contribution >= 0.6 is 0 Å². The molecule has 0 radical (unpaired) electrons. The monoisotopic (exact) mass is 244 g/mol. The van der Waals surface area contributed by atoms with Crippen LogP contribution in [-0.4, -0.2) is 53.0 Å². The van der Waals surface area contributed by atoms with Crippen LogP contribution in [0, 0.1) is 0 Å². The fraction of sp³-hybridized carbons (Fsp3) is 0.917. The van der Waals surface area contributed by atoms with E-state index in [1.165, 1.54) is 0 Å². The summed E-state index contributed by atoms with van der Waals surface area (Å²) in [5.74, 6) is 0. The molecule has 5 nitrogen and oxygen atoms in total. The van der Waals surface area contributed by atoms with Gasteiger partial charge in [0, 0.05) is 19.6 Å². The molecule has 1 aliphatic heterocycles. The van der Waals surface area contributed by atoms with Crippen LogP contribution < -0.4 is 5.32 Å². The fourth-order valence-electron chi connectivity index (χ4n) is 1.72. The van der Waals surface area contributed by atoms with Crippen molar-refractivity contribution < 1.29 is 14.6 Å². The molecule has 1 rings (SSSR count). The largest absolute Gasteiger partial charge is 0.444 e. The quantitative estimate of drug-likeness (QED) is 0.721. The Morgan fingerprint density at radius 3 is 2.41 bits per heavy atom. The third kappa shape index (κ3) is 4.52. The summed E-state index contributed by atoms with van der Waals surface area (Å²) < 4.78 is 5.32. The average Bonchev–Trinajstić information content (AvgIpc) is 2.14. The summed E-state index contributed by atoms with van der Waals surface area (Å²) in [5, 5.41) is 13.1. The maximum atomic E-state index is 11.9. The summed E-state index contributed by atoms with van der Waals surface area (Å²) in [4.78, 5) is 13.5. The molecule has 100 valence electrons. The van der Waals surface area contributed by atoms with Crippen molar-refractivity contribution in [2.24, 2.45) is 0 Å². The van der Waals surface area contributed by atoms with Gasteiger partial charge in [-0.1, -0.05) is 0 Å². The number of amides is 1. The summed E-state index contributed by atoms with van der Waals surface area (Å²) in [6.07, 6.45) is -0.312. The van der Waals surface area contributed by atoms with Gasteiger partial charge < -0.3 is 20.1 Å². The van der Waals surface area contributed by atoms with E-state index in [9.17, 15) is 9.90 Å². The van der Waals surface area contributed by atoms with Gasteiger partial charge in [-0.15, -0.1) is 0 Å². The van der Waals surface area contributed by atoms with Crippen molar-refractivity contribution in [1.29, 1.82) is 0 Å². The minimum absolute atomic E-state index is 0.122. The standard InChI is InChI=1S/C12H24N2O3/c1-11(2,3)17-10(15)14-7-6-13-9(8-14)12(4,5)16/h9,13,16H,6-8H2,1-5H3. The van der Waals surface area contributed by atoms with Crippen LogP contribution in [0.5, 0.6) is 0 Å². The number of rotatable bonds is 1. The van der Waals surface area contributed by atoms with Crippen molar-refractivity contribution in [1.82, 2.24) is 10.2 Å². The second-order valence-electron chi connectivity index (χ2n) is 6.09. The highest BCUT2D eigenvalue weighted by Gasteiger charge is 2.34. The first kappa shape index (κ1) is 14.3. The number of nitrogens with zero attached hydrogens (tertiary/aromatic N) is 1. The van der Waals surface area contributed by atoms with Crippen LogP contribution in [0.15, 0.2) is 0 Å². The van der Waals surface area contributed by atoms with Crippen LogP contribution in [0.3, 0.4) is 0 Å². The minimum Gasteiger partial charge on any atom is -0.444 e. The molecule has 0 spiro atoms. The molecular formula is C12H24N2O3. The van der Waals surface area contributed by atoms with Crippen molar-refractivity contribution in [2.75, 3.05) is 19.6 Å². The molecule has 5 heteroatoms. The normalized spacial score (nSPS) is 22.5. The molecule has 0 aromatic heterocycles. The van der Waals surface area contributed by atoms with E-state index < -0.39 is 11.2 Å². The molecule has 1 amide bonds. The summed E-state index contributed by atoms with van der Waals surface area (Å²) in [5.41, 5.74) is -1.33. The molecule has 0 aromatic carbocycles. The second kappa shape index (κ2) is 4.82. The van der Waals surface area contributed by atoms with E-state index in [0.29, 0.717) is 19.6 Å². The summed E-state index contributed by atoms with van der Waals surface area (Å²) in [6.45, 7) is 10.8. The van der Waals surface area contributed by atoms with Gasteiger partial charge in [0.1, 0.15) is 5.60 Å². The van der Waals surface area contributed by atoms with Gasteiger partial charge in [-0.05, 0) is 34.6 Å². The van der Waals surface area contributed by atoms with Crippen LogP contribution in [-0.2, 0) is 4.74 Å². The molecule has 0 bridgehead atoms. The number of carbonyl (C=O) groups excluding carboxylic acids is 1. The third-order valence-electron chi connectivity index (χ3n) is 2.68. The van der Waals surface area contributed by atoms with Gasteiger partial charge in [0.25, 0.3) is 0 Å². The molecular weight excluding hydrogens is 220 g/mol. The van der Waals surface area contributed by atoms with Crippen molar-refractivity contribution in [3.8, 4) is 0 Å². The van der Waals surface area contributed by atoms with Gasteiger partial charge >= 0.3 is 6.09 Å². The molecule has 1 atom stereocenters. The van der Waals surface area contributed by atoms with Crippen LogP contribution in [0.1, 0.15) is 34.6 Å². The molecule has 2 N–H and O–H groups in total. The Labute approximate surface area is 103 Å². The van der Waals surface area contributed by atoms with Crippen molar-refractivity contribution in [3.05, 3.63) is 0 Å². The first-order valence-corrected chi connectivity index (χ1v) is 6.03. The number of carbonyl (C=O) groups is 1. The first-order valence-electron chi connectivity index (χ1n) is 6.03. The number of piperazine rings is 1. The van der Waals surface area contributed by atoms with Gasteiger partial charge in [0.05, 0.1) is 11.6 Å². The number of aliphatic hydroxyl groups is 1. The molecule has 0 aliphatic carbocycles. The molecule has 1 fully saturated rings. The Balaban J connectivity index is 2.58. The third-order valence-corrected chi connectivity index (χ3v) is 2.68. The van der Waals surface area contributed by atoms with Gasteiger partial charge in [-0.2, -0.15) is 0 Å². The molecule has 1 aliphatic rings. The minimum atomic E-state index is -0.847. The van der Waals surface area contributed by atoms with E-state index in [1.807, 2.05) is 20.8 Å². The highest BCUT2D eigenvalue weighted by molar-refractivity contribution is 5.68. The van der Waals surface area contributed by atoms with E-state index >= 15 is 0 Å². The van der Waals surface area contributed by atoms with Crippen molar-refractivity contribution >= 4 is 6.09 Å². The Hall–Kier alpha value is -0.810. The highest BCUT2D eigenvalue weighted by atomic mass is 16.6. The van der Waals surface area contributed by atoms with E-state index in [2.05, 4.69) is 5.32 Å². The summed E-state index contributed by atoms with van der Waals surface area (Å²) >= 11 is 0. The predicted octanol–water partition coefficient (Wildman–Crippen LogP) is 0.966. The Kier molecular flexibility index (Phi) is 4.04. The Morgan fingerprint density at radius 1 is 1.35 bits per heavy atom. The molecule has 17 heavy (non-hydrogen) atoms. The van der Waals surface area contributed by atoms with E-state index in [1.54, 1.807) is 18.7 Å². The van der Waals surface area contributed by atoms with Gasteiger partial charge in [0.2, 0.25) is 0 Å². The maximum absolute atomic E-state index is 11.9. The number of nitrogens with one attached hydrogen (secondary N) is 1. The first-order chi connectivity index (χ1) is 7.59. The second-order valence-corrected chi connectivity index (χ2v) is 6.09. The van der Waals surface area contributed by atoms with Crippen LogP contribution in [0.2, 0.25) is 0 Å². The highest BCUT2D eigenvalue weighted by Crippen LogP contribution is 2.16. The smallest absolute Gasteiger partial charge is 0.410 e. The Morgan fingerprint density at radius 2 is 1.94 bits per heavy atom. The number of hydrogen-bond acceptors (Lipinski definition) is 4. The average molecular weight is 244 g/mol. The lowest BCUT2D eigenvalue weighted by molar-refractivity contribution is -0.00929. The lowest BCUT2D eigenvalue weighted by Crippen LogP contribution is -2.60. The van der Waals surface area contributed by atoms with Gasteiger partial charge in [-0.25, -0.2) is 4.79 Å². The van der Waals surface area contributed by atoms with Crippen molar-refractivity contribution in [2.45, 2.75) is 51.9 Å². The summed E-state index contributed by atoms with van der Waals surface area (Å²) in [7, 11) is 0. The molecule has 0 saturated carbocycles. The molecule has 1 saturated heterocycles. The number of hydrogen-bond donors (Lipinski definition) is 2. The van der Waals surface area contributed by atoms with Crippen LogP contribution in [0.25, 0.3) is 0 Å². The van der Waals surface area contributed by atoms with E-state index in [4.69, 9.17) is 4.74 Å². The lowest BCUT2D eigenvalue weighted by atomic mass is 9.97. The zero-order valence-electron chi connectivity index (χ0n) is 11.4. The van der Waals surface area contributed by atoms with E-state index in [-0.39, 0.29) is 12.1 Å². The van der Waals surface area contributed by atoms with Crippen LogP contribution in [0.4, 0.5) is 4.79 Å². The van der Waals surface area contributed by atoms with Gasteiger partial charge in [0.15, 0.2) is 0 Å².